The minimum Gasteiger partial charge on any atom is -0.480 e. The summed E-state index contributed by atoms with van der Waals surface area (Å²) in [6.07, 6.45) is -0.0671. The van der Waals surface area contributed by atoms with Crippen LogP contribution >= 0.6 is 12.6 Å². The van der Waals surface area contributed by atoms with Crippen molar-refractivity contribution in [3.63, 3.8) is 0 Å². The average Bonchev–Trinajstić information content (AvgIpc) is 2.60. The van der Waals surface area contributed by atoms with Gasteiger partial charge in [-0.2, -0.15) is 12.6 Å². The summed E-state index contributed by atoms with van der Waals surface area (Å²) in [5.74, 6) is -4.11. The van der Waals surface area contributed by atoms with Crippen molar-refractivity contribution in [2.45, 2.75) is 64.2 Å². The molecule has 0 aliphatic carbocycles. The van der Waals surface area contributed by atoms with E-state index in [1.807, 2.05) is 13.8 Å². The lowest BCUT2D eigenvalue weighted by molar-refractivity contribution is -0.141. The molecule has 8 N–H and O–H groups in total. The zero-order valence-electron chi connectivity index (χ0n) is 16.8. The summed E-state index contributed by atoms with van der Waals surface area (Å²) in [6.45, 7) is 5.16. The number of hydrogen-bond acceptors (Lipinski definition) is 7. The quantitative estimate of drug-likeness (QED) is 0.165. The molecular formula is C17H31N5O6S. The van der Waals surface area contributed by atoms with E-state index >= 15 is 0 Å². The Morgan fingerprint density at radius 3 is 1.79 bits per heavy atom. The van der Waals surface area contributed by atoms with Crippen LogP contribution in [0.5, 0.6) is 0 Å². The van der Waals surface area contributed by atoms with Gasteiger partial charge in [0.1, 0.15) is 18.1 Å². The van der Waals surface area contributed by atoms with Crippen LogP contribution in [0.4, 0.5) is 0 Å². The Morgan fingerprint density at radius 1 is 0.897 bits per heavy atom. The molecule has 0 aromatic rings. The van der Waals surface area contributed by atoms with Gasteiger partial charge in [0.25, 0.3) is 0 Å². The van der Waals surface area contributed by atoms with Crippen LogP contribution in [0, 0.1) is 5.92 Å². The zero-order chi connectivity index (χ0) is 22.7. The topological polar surface area (TPSA) is 194 Å². The van der Waals surface area contributed by atoms with Gasteiger partial charge in [-0.05, 0) is 25.7 Å². The highest BCUT2D eigenvalue weighted by molar-refractivity contribution is 7.80. The molecule has 0 aromatic heterocycles. The van der Waals surface area contributed by atoms with Gasteiger partial charge in [-0.25, -0.2) is 4.79 Å². The third kappa shape index (κ3) is 10.7. The van der Waals surface area contributed by atoms with Crippen molar-refractivity contribution in [2.24, 2.45) is 17.4 Å². The predicted octanol–water partition coefficient (Wildman–Crippen LogP) is -1.89. The van der Waals surface area contributed by atoms with E-state index < -0.39 is 53.8 Å². The fourth-order valence-electron chi connectivity index (χ4n) is 2.29. The molecule has 166 valence electrons. The molecule has 12 heteroatoms. The number of carboxylic acid groups (broad SMARTS) is 1. The molecule has 29 heavy (non-hydrogen) atoms. The van der Waals surface area contributed by atoms with Crippen LogP contribution in [-0.2, 0) is 24.0 Å². The largest absolute Gasteiger partial charge is 0.480 e. The summed E-state index contributed by atoms with van der Waals surface area (Å²) in [4.78, 5) is 59.3. The molecule has 11 nitrogen and oxygen atoms in total. The van der Waals surface area contributed by atoms with Gasteiger partial charge in [0.2, 0.25) is 23.6 Å². The molecule has 0 aromatic carbocycles. The maximum absolute atomic E-state index is 12.7. The van der Waals surface area contributed by atoms with Crippen molar-refractivity contribution in [3.8, 4) is 0 Å². The minimum absolute atomic E-state index is 0.0394. The Hall–Kier alpha value is -2.34. The van der Waals surface area contributed by atoms with Crippen molar-refractivity contribution < 1.29 is 29.1 Å². The standard InChI is InChI=1S/C17H31N5O6S/c1-8(2)6-11(21-14(24)9(3)18)16(26)20-10(4-5-13(19)23)15(25)22-12(7-29)17(27)28/h8-12,29H,4-7,18H2,1-3H3,(H2,19,23)(H,20,26)(H,21,24)(H,22,25)(H,27,28). The van der Waals surface area contributed by atoms with E-state index in [4.69, 9.17) is 16.6 Å². The fourth-order valence-corrected chi connectivity index (χ4v) is 2.54. The van der Waals surface area contributed by atoms with Gasteiger partial charge in [-0.1, -0.05) is 13.8 Å². The summed E-state index contributed by atoms with van der Waals surface area (Å²) in [7, 11) is 0. The summed E-state index contributed by atoms with van der Waals surface area (Å²) < 4.78 is 0. The summed E-state index contributed by atoms with van der Waals surface area (Å²) in [5.41, 5.74) is 10.6. The second-order valence-electron chi connectivity index (χ2n) is 7.13. The molecule has 0 radical (unpaired) electrons. The van der Waals surface area contributed by atoms with E-state index in [1.165, 1.54) is 6.92 Å². The summed E-state index contributed by atoms with van der Waals surface area (Å²) in [6, 6.07) is -4.29. The molecule has 0 heterocycles. The molecule has 4 unspecified atom stereocenters. The lowest BCUT2D eigenvalue weighted by atomic mass is 10.0. The lowest BCUT2D eigenvalue weighted by Crippen LogP contribution is -2.57. The number of carbonyl (C=O) groups is 5. The number of aliphatic carboxylic acids is 1. The molecule has 0 bridgehead atoms. The molecule has 0 saturated carbocycles. The number of primary amides is 1. The highest BCUT2D eigenvalue weighted by Gasteiger charge is 2.30. The van der Waals surface area contributed by atoms with Crippen molar-refractivity contribution in [1.29, 1.82) is 0 Å². The first-order valence-electron chi connectivity index (χ1n) is 9.17. The maximum atomic E-state index is 12.7. The van der Waals surface area contributed by atoms with E-state index in [-0.39, 0.29) is 30.9 Å². The first kappa shape index (κ1) is 26.7. The van der Waals surface area contributed by atoms with Crippen molar-refractivity contribution in [1.82, 2.24) is 16.0 Å². The van der Waals surface area contributed by atoms with Gasteiger partial charge in [0.05, 0.1) is 6.04 Å². The van der Waals surface area contributed by atoms with Crippen molar-refractivity contribution in [2.75, 3.05) is 5.75 Å². The number of hydrogen-bond donors (Lipinski definition) is 7. The van der Waals surface area contributed by atoms with Crippen molar-refractivity contribution in [3.05, 3.63) is 0 Å². The Kier molecular flexibility index (Phi) is 11.9. The Bertz CT molecular complexity index is 613. The number of carbonyl (C=O) groups excluding carboxylic acids is 4. The first-order chi connectivity index (χ1) is 13.4. The molecule has 0 rings (SSSR count). The Morgan fingerprint density at radius 2 is 1.38 bits per heavy atom. The smallest absolute Gasteiger partial charge is 0.327 e. The van der Waals surface area contributed by atoms with Crippen LogP contribution in [0.25, 0.3) is 0 Å². The first-order valence-corrected chi connectivity index (χ1v) is 9.80. The third-order valence-corrected chi connectivity index (χ3v) is 4.23. The van der Waals surface area contributed by atoms with E-state index in [9.17, 15) is 24.0 Å². The molecule has 0 fully saturated rings. The molecule has 0 saturated heterocycles. The van der Waals surface area contributed by atoms with E-state index in [2.05, 4.69) is 28.6 Å². The van der Waals surface area contributed by atoms with Gasteiger partial charge in [-0.3, -0.25) is 19.2 Å². The van der Waals surface area contributed by atoms with Crippen LogP contribution in [0.2, 0.25) is 0 Å². The van der Waals surface area contributed by atoms with E-state index in [1.54, 1.807) is 0 Å². The third-order valence-electron chi connectivity index (χ3n) is 3.86. The zero-order valence-corrected chi connectivity index (χ0v) is 17.7. The van der Waals surface area contributed by atoms with Gasteiger partial charge >= 0.3 is 5.97 Å². The fraction of sp³-hybridized carbons (Fsp3) is 0.706. The minimum atomic E-state index is -1.30. The number of carboxylic acids is 1. The van der Waals surface area contributed by atoms with Crippen LogP contribution in [0.3, 0.4) is 0 Å². The molecule has 4 amide bonds. The highest BCUT2D eigenvalue weighted by atomic mass is 32.1. The summed E-state index contributed by atoms with van der Waals surface area (Å²) in [5, 5.41) is 16.3. The Balaban J connectivity index is 5.39. The predicted molar refractivity (Wildman–Crippen MR) is 109 cm³/mol. The SMILES string of the molecule is CC(C)CC(NC(=O)C(C)N)C(=O)NC(CCC(N)=O)C(=O)NC(CS)C(=O)O. The van der Waals surface area contributed by atoms with Crippen molar-refractivity contribution >= 4 is 42.2 Å². The second kappa shape index (κ2) is 13.0. The number of amides is 4. The van der Waals surface area contributed by atoms with Crippen LogP contribution in [0.1, 0.15) is 40.0 Å². The highest BCUT2D eigenvalue weighted by Crippen LogP contribution is 2.07. The van der Waals surface area contributed by atoms with Gasteiger partial charge < -0.3 is 32.5 Å². The maximum Gasteiger partial charge on any atom is 0.327 e. The van der Waals surface area contributed by atoms with Gasteiger partial charge in [0.15, 0.2) is 0 Å². The summed E-state index contributed by atoms with van der Waals surface area (Å²) >= 11 is 3.86. The van der Waals surface area contributed by atoms with Crippen LogP contribution in [-0.4, -0.2) is 64.6 Å². The average molecular weight is 434 g/mol. The molecule has 0 aliphatic rings. The molecule has 0 spiro atoms. The van der Waals surface area contributed by atoms with Crippen LogP contribution in [0.15, 0.2) is 0 Å². The number of nitrogens with two attached hydrogens (primary N) is 2. The second-order valence-corrected chi connectivity index (χ2v) is 7.49. The normalized spacial score (nSPS) is 15.0. The Labute approximate surface area is 175 Å². The number of thiol groups is 1. The van der Waals surface area contributed by atoms with E-state index in [0.717, 1.165) is 0 Å². The lowest BCUT2D eigenvalue weighted by Gasteiger charge is -2.25. The number of nitrogens with one attached hydrogen (secondary N) is 3. The van der Waals surface area contributed by atoms with Crippen LogP contribution < -0.4 is 27.4 Å². The van der Waals surface area contributed by atoms with Gasteiger partial charge in [0, 0.05) is 12.2 Å². The molecular weight excluding hydrogens is 402 g/mol. The monoisotopic (exact) mass is 433 g/mol. The van der Waals surface area contributed by atoms with Gasteiger partial charge in [-0.15, -0.1) is 0 Å². The molecule has 4 atom stereocenters. The van der Waals surface area contributed by atoms with E-state index in [0.29, 0.717) is 0 Å². The molecule has 0 aliphatic heterocycles. The number of rotatable bonds is 13.